The van der Waals surface area contributed by atoms with E-state index in [2.05, 4.69) is 83.8 Å². The van der Waals surface area contributed by atoms with Gasteiger partial charge in [0.05, 0.1) is 17.4 Å². The van der Waals surface area contributed by atoms with Crippen LogP contribution in [0, 0.1) is 0 Å². The van der Waals surface area contributed by atoms with Gasteiger partial charge in [-0.25, -0.2) is 0 Å². The molecule has 0 radical (unpaired) electrons. The number of hydrogen-bond acceptors (Lipinski definition) is 2. The number of aromatic nitrogens is 1. The maximum atomic E-state index is 5.04. The lowest BCUT2D eigenvalue weighted by molar-refractivity contribution is 0.239. The number of rotatable bonds is 5. The van der Waals surface area contributed by atoms with Crippen LogP contribution < -0.4 is 0 Å². The van der Waals surface area contributed by atoms with Crippen LogP contribution in [0.4, 0.5) is 0 Å². The molecule has 1 aliphatic rings. The van der Waals surface area contributed by atoms with Gasteiger partial charge in [0.2, 0.25) is 0 Å². The molecule has 0 saturated carbocycles. The van der Waals surface area contributed by atoms with E-state index in [4.69, 9.17) is 4.98 Å². The smallest absolute Gasteiger partial charge is 0.0706 e. The molecule has 1 aromatic heterocycles. The molecule has 0 aliphatic carbocycles. The van der Waals surface area contributed by atoms with Crippen molar-refractivity contribution in [3.05, 3.63) is 90.1 Å². The highest BCUT2D eigenvalue weighted by Gasteiger charge is 2.25. The summed E-state index contributed by atoms with van der Waals surface area (Å²) in [6.45, 7) is 2.35. The molecule has 25 heavy (non-hydrogen) atoms. The monoisotopic (exact) mass is 328 g/mol. The van der Waals surface area contributed by atoms with E-state index in [9.17, 15) is 0 Å². The zero-order chi connectivity index (χ0) is 16.9. The molecule has 126 valence electrons. The van der Waals surface area contributed by atoms with E-state index in [1.54, 1.807) is 0 Å². The molecule has 2 heteroatoms. The molecule has 1 aliphatic heterocycles. The van der Waals surface area contributed by atoms with Gasteiger partial charge in [-0.15, -0.1) is 0 Å². The molecule has 3 aromatic rings. The number of likely N-dealkylation sites (tertiary alicyclic amines) is 1. The Hall–Kier alpha value is -2.45. The Morgan fingerprint density at radius 3 is 2.16 bits per heavy atom. The summed E-state index contributed by atoms with van der Waals surface area (Å²) >= 11 is 0. The first-order valence-corrected chi connectivity index (χ1v) is 9.20. The van der Waals surface area contributed by atoms with E-state index >= 15 is 0 Å². The van der Waals surface area contributed by atoms with Crippen molar-refractivity contribution < 1.29 is 0 Å². The van der Waals surface area contributed by atoms with Gasteiger partial charge in [-0.3, -0.25) is 9.88 Å². The molecule has 0 amide bonds. The van der Waals surface area contributed by atoms with E-state index in [0.29, 0.717) is 6.04 Å². The van der Waals surface area contributed by atoms with Crippen molar-refractivity contribution in [3.8, 4) is 11.3 Å². The van der Waals surface area contributed by atoms with Gasteiger partial charge in [0.15, 0.2) is 0 Å². The third-order valence-corrected chi connectivity index (χ3v) is 5.03. The summed E-state index contributed by atoms with van der Waals surface area (Å²) in [5.41, 5.74) is 4.82. The molecule has 2 heterocycles. The maximum Gasteiger partial charge on any atom is 0.0706 e. The second-order valence-electron chi connectivity index (χ2n) is 6.76. The zero-order valence-corrected chi connectivity index (χ0v) is 14.5. The average Bonchev–Trinajstić information content (AvgIpc) is 3.22. The molecule has 1 atom stereocenters. The van der Waals surface area contributed by atoms with Gasteiger partial charge in [0.25, 0.3) is 0 Å². The van der Waals surface area contributed by atoms with Crippen LogP contribution in [-0.2, 0) is 6.42 Å². The minimum absolute atomic E-state index is 0.355. The third kappa shape index (κ3) is 3.80. The summed E-state index contributed by atoms with van der Waals surface area (Å²) in [5, 5.41) is 0. The maximum absolute atomic E-state index is 5.04. The molecule has 2 aromatic carbocycles. The SMILES string of the molecule is c1ccc(CC(c2cccc(-c3ccccc3)n2)N2CCCC2)cc1. The number of hydrogen-bond donors (Lipinski definition) is 0. The van der Waals surface area contributed by atoms with Gasteiger partial charge in [0.1, 0.15) is 0 Å². The average molecular weight is 328 g/mol. The Balaban J connectivity index is 1.67. The van der Waals surface area contributed by atoms with Crippen molar-refractivity contribution in [2.75, 3.05) is 13.1 Å². The summed E-state index contributed by atoms with van der Waals surface area (Å²) in [6, 6.07) is 28.1. The normalized spacial score (nSPS) is 16.0. The van der Waals surface area contributed by atoms with E-state index < -0.39 is 0 Å². The lowest BCUT2D eigenvalue weighted by Crippen LogP contribution is -2.28. The molecular formula is C23H24N2. The quantitative estimate of drug-likeness (QED) is 0.645. The standard InChI is InChI=1S/C23H24N2/c1-3-10-19(11-4-1)18-23(25-16-7-8-17-25)22-15-9-14-21(24-22)20-12-5-2-6-13-20/h1-6,9-15,23H,7-8,16-18H2. The molecule has 1 saturated heterocycles. The Bertz CT molecular complexity index is 793. The number of pyridine rings is 1. The van der Waals surface area contributed by atoms with Gasteiger partial charge >= 0.3 is 0 Å². The van der Waals surface area contributed by atoms with E-state index in [1.165, 1.54) is 42.8 Å². The van der Waals surface area contributed by atoms with Gasteiger partial charge in [-0.2, -0.15) is 0 Å². The van der Waals surface area contributed by atoms with E-state index in [1.807, 2.05) is 0 Å². The Kier molecular flexibility index (Phi) is 4.89. The fourth-order valence-corrected chi connectivity index (χ4v) is 3.72. The molecule has 1 unspecified atom stereocenters. The molecule has 0 spiro atoms. The number of nitrogens with zero attached hydrogens (tertiary/aromatic N) is 2. The van der Waals surface area contributed by atoms with Gasteiger partial charge in [-0.05, 0) is 50.0 Å². The minimum Gasteiger partial charge on any atom is -0.294 e. The number of benzene rings is 2. The first-order chi connectivity index (χ1) is 12.4. The van der Waals surface area contributed by atoms with Crippen molar-refractivity contribution >= 4 is 0 Å². The second kappa shape index (κ2) is 7.62. The van der Waals surface area contributed by atoms with Gasteiger partial charge < -0.3 is 0 Å². The first-order valence-electron chi connectivity index (χ1n) is 9.20. The van der Waals surface area contributed by atoms with Crippen LogP contribution >= 0.6 is 0 Å². The largest absolute Gasteiger partial charge is 0.294 e. The fourth-order valence-electron chi connectivity index (χ4n) is 3.72. The van der Waals surface area contributed by atoms with Gasteiger partial charge in [0, 0.05) is 5.56 Å². The summed E-state index contributed by atoms with van der Waals surface area (Å²) in [7, 11) is 0. The predicted molar refractivity (Wildman–Crippen MR) is 103 cm³/mol. The van der Waals surface area contributed by atoms with Crippen molar-refractivity contribution in [1.82, 2.24) is 9.88 Å². The van der Waals surface area contributed by atoms with Crippen LogP contribution in [0.1, 0.15) is 30.1 Å². The topological polar surface area (TPSA) is 16.1 Å². The van der Waals surface area contributed by atoms with Crippen LogP contribution in [-0.4, -0.2) is 23.0 Å². The molecule has 0 bridgehead atoms. The van der Waals surface area contributed by atoms with Crippen LogP contribution in [0.25, 0.3) is 11.3 Å². The van der Waals surface area contributed by atoms with Crippen LogP contribution in [0.15, 0.2) is 78.9 Å². The van der Waals surface area contributed by atoms with Crippen LogP contribution in [0.3, 0.4) is 0 Å². The minimum atomic E-state index is 0.355. The van der Waals surface area contributed by atoms with E-state index in [-0.39, 0.29) is 0 Å². The van der Waals surface area contributed by atoms with Crippen molar-refractivity contribution in [2.24, 2.45) is 0 Å². The molecular weight excluding hydrogens is 304 g/mol. The molecule has 4 rings (SSSR count). The third-order valence-electron chi connectivity index (χ3n) is 5.03. The lowest BCUT2D eigenvalue weighted by atomic mass is 10.0. The summed E-state index contributed by atoms with van der Waals surface area (Å²) < 4.78 is 0. The molecule has 0 N–H and O–H groups in total. The first kappa shape index (κ1) is 16.0. The lowest BCUT2D eigenvalue weighted by Gasteiger charge is -2.27. The van der Waals surface area contributed by atoms with Crippen LogP contribution in [0.5, 0.6) is 0 Å². The molecule has 1 fully saturated rings. The summed E-state index contributed by atoms with van der Waals surface area (Å²) in [6.07, 6.45) is 3.61. The summed E-state index contributed by atoms with van der Waals surface area (Å²) in [5.74, 6) is 0. The van der Waals surface area contributed by atoms with Crippen molar-refractivity contribution in [3.63, 3.8) is 0 Å². The van der Waals surface area contributed by atoms with E-state index in [0.717, 1.165) is 12.1 Å². The molecule has 2 nitrogen and oxygen atoms in total. The highest BCUT2D eigenvalue weighted by Crippen LogP contribution is 2.29. The Morgan fingerprint density at radius 2 is 1.44 bits per heavy atom. The zero-order valence-electron chi connectivity index (χ0n) is 14.5. The Morgan fingerprint density at radius 1 is 0.760 bits per heavy atom. The Labute approximate surface area is 150 Å². The van der Waals surface area contributed by atoms with Crippen molar-refractivity contribution in [1.29, 1.82) is 0 Å². The second-order valence-corrected chi connectivity index (χ2v) is 6.76. The predicted octanol–water partition coefficient (Wildman–Crippen LogP) is 5.13. The highest BCUT2D eigenvalue weighted by molar-refractivity contribution is 5.58. The summed E-state index contributed by atoms with van der Waals surface area (Å²) in [4.78, 5) is 7.64. The van der Waals surface area contributed by atoms with Gasteiger partial charge in [-0.1, -0.05) is 66.7 Å². The fraction of sp³-hybridized carbons (Fsp3) is 0.261. The van der Waals surface area contributed by atoms with Crippen molar-refractivity contribution in [2.45, 2.75) is 25.3 Å². The van der Waals surface area contributed by atoms with Crippen LogP contribution in [0.2, 0.25) is 0 Å². The highest BCUT2D eigenvalue weighted by atomic mass is 15.2.